The van der Waals surface area contributed by atoms with E-state index in [4.69, 9.17) is 14.2 Å². The number of hydrogen-bond donors (Lipinski definition) is 0. The zero-order valence-corrected chi connectivity index (χ0v) is 49.9. The molecule has 0 rings (SSSR count). The van der Waals surface area contributed by atoms with E-state index in [0.717, 1.165) is 116 Å². The summed E-state index contributed by atoms with van der Waals surface area (Å²) in [5.74, 6) is -1.03. The molecular formula is C71H116O6. The van der Waals surface area contributed by atoms with Crippen molar-refractivity contribution in [2.24, 2.45) is 0 Å². The Morgan fingerprint density at radius 2 is 0.532 bits per heavy atom. The van der Waals surface area contributed by atoms with Gasteiger partial charge < -0.3 is 14.2 Å². The average Bonchev–Trinajstić information content (AvgIpc) is 3.43. The van der Waals surface area contributed by atoms with Gasteiger partial charge in [0.25, 0.3) is 0 Å². The van der Waals surface area contributed by atoms with Gasteiger partial charge in [-0.15, -0.1) is 0 Å². The largest absolute Gasteiger partial charge is 0.462 e. The molecular weight excluding hydrogens is 949 g/mol. The molecule has 0 aliphatic heterocycles. The van der Waals surface area contributed by atoms with Gasteiger partial charge in [-0.3, -0.25) is 14.4 Å². The van der Waals surface area contributed by atoms with Crippen molar-refractivity contribution in [3.8, 4) is 0 Å². The summed E-state index contributed by atoms with van der Waals surface area (Å²) < 4.78 is 16.8. The normalized spacial score (nSPS) is 13.0. The highest BCUT2D eigenvalue weighted by atomic mass is 16.6. The molecule has 0 aliphatic rings. The zero-order chi connectivity index (χ0) is 55.7. The van der Waals surface area contributed by atoms with Crippen molar-refractivity contribution in [2.75, 3.05) is 13.2 Å². The highest BCUT2D eigenvalue weighted by molar-refractivity contribution is 5.71. The van der Waals surface area contributed by atoms with Gasteiger partial charge in [-0.2, -0.15) is 0 Å². The highest BCUT2D eigenvalue weighted by Gasteiger charge is 2.19. The third kappa shape index (κ3) is 62.3. The number of ether oxygens (including phenoxy) is 3. The van der Waals surface area contributed by atoms with E-state index in [1.807, 2.05) is 6.08 Å². The Kier molecular flexibility index (Phi) is 60.4. The van der Waals surface area contributed by atoms with Gasteiger partial charge in [0.05, 0.1) is 0 Å². The van der Waals surface area contributed by atoms with Crippen LogP contribution >= 0.6 is 0 Å². The summed E-state index contributed by atoms with van der Waals surface area (Å²) in [5.41, 5.74) is 0. The van der Waals surface area contributed by atoms with Crippen LogP contribution in [-0.4, -0.2) is 37.2 Å². The number of unbranched alkanes of at least 4 members (excludes halogenated alkanes) is 23. The Bertz CT molecular complexity index is 1650. The molecule has 6 heteroatoms. The quantitative estimate of drug-likeness (QED) is 0.0261. The molecule has 0 aromatic rings. The molecule has 0 amide bonds. The Hall–Kier alpha value is -4.45. The second-order valence-corrected chi connectivity index (χ2v) is 20.6. The molecule has 436 valence electrons. The van der Waals surface area contributed by atoms with Gasteiger partial charge in [0.2, 0.25) is 0 Å². The van der Waals surface area contributed by atoms with Gasteiger partial charge in [0.1, 0.15) is 13.2 Å². The Morgan fingerprint density at radius 1 is 0.273 bits per heavy atom. The molecule has 0 radical (unpaired) electrons. The van der Waals surface area contributed by atoms with Crippen LogP contribution in [0.5, 0.6) is 0 Å². The number of rotatable bonds is 56. The van der Waals surface area contributed by atoms with Crippen molar-refractivity contribution in [1.29, 1.82) is 0 Å². The lowest BCUT2D eigenvalue weighted by Gasteiger charge is -2.18. The number of esters is 3. The van der Waals surface area contributed by atoms with Crippen LogP contribution < -0.4 is 0 Å². The van der Waals surface area contributed by atoms with E-state index in [1.165, 1.54) is 116 Å². The lowest BCUT2D eigenvalue weighted by molar-refractivity contribution is -0.166. The van der Waals surface area contributed by atoms with Gasteiger partial charge >= 0.3 is 17.9 Å². The van der Waals surface area contributed by atoms with Gasteiger partial charge in [-0.1, -0.05) is 289 Å². The second kappa shape index (κ2) is 64.1. The third-order valence-electron chi connectivity index (χ3n) is 13.2. The lowest BCUT2D eigenvalue weighted by Crippen LogP contribution is -2.30. The highest BCUT2D eigenvalue weighted by Crippen LogP contribution is 2.16. The summed E-state index contributed by atoms with van der Waals surface area (Å²) in [6, 6.07) is 0. The first-order chi connectivity index (χ1) is 38.0. The SMILES string of the molecule is CC/C=C\C/C=C\C/C=C\C/C=C\C/C=C\C/C=C\CCC(=O)OC[C@H](COC(=O)CCCCC/C=C\C/C=C\C/C=C\C/C=C\C/C=C\CC)OC(=O)CCCCCCCCCCCCCCCCCCCCCCC. The number of allylic oxidation sites excluding steroid dienone is 22. The van der Waals surface area contributed by atoms with Crippen molar-refractivity contribution >= 4 is 17.9 Å². The van der Waals surface area contributed by atoms with E-state index < -0.39 is 6.10 Å². The number of carbonyl (C=O) groups is 3. The number of carbonyl (C=O) groups excluding carboxylic acids is 3. The van der Waals surface area contributed by atoms with E-state index in [0.29, 0.717) is 19.3 Å². The zero-order valence-electron chi connectivity index (χ0n) is 49.9. The van der Waals surface area contributed by atoms with E-state index in [1.54, 1.807) is 0 Å². The summed E-state index contributed by atoms with van der Waals surface area (Å²) in [7, 11) is 0. The van der Waals surface area contributed by atoms with Crippen LogP contribution in [0.3, 0.4) is 0 Å². The van der Waals surface area contributed by atoms with Gasteiger partial charge in [0.15, 0.2) is 6.10 Å². The monoisotopic (exact) mass is 1060 g/mol. The summed E-state index contributed by atoms with van der Waals surface area (Å²) in [6.45, 7) is 6.34. The summed E-state index contributed by atoms with van der Waals surface area (Å²) in [6.07, 6.45) is 90.4. The number of hydrogen-bond acceptors (Lipinski definition) is 6. The third-order valence-corrected chi connectivity index (χ3v) is 13.2. The first kappa shape index (κ1) is 72.5. The summed E-state index contributed by atoms with van der Waals surface area (Å²) in [4.78, 5) is 38.3. The van der Waals surface area contributed by atoms with Crippen LogP contribution in [0.2, 0.25) is 0 Å². The standard InChI is InChI=1S/C71H116O6/c1-4-7-10-13-16-19-22-25-28-31-34-35-38-41-44-47-50-53-56-59-62-65-71(74)77-68(66-75-69(72)63-60-57-54-51-48-45-42-39-36-32-29-26-23-20-17-14-11-8-5-2)67-76-70(73)64-61-58-55-52-49-46-43-40-37-33-30-27-24-21-18-15-12-9-6-3/h8-9,11-12,17-18,20-21,26-27,29-30,36-37,39-40,45-46,48-49,54,57,68H,4-7,10,13-16,19,22-25,28,31-35,38,41-44,47,50-53,55-56,58-67H2,1-3H3/b11-8-,12-9-,20-17-,21-18-,29-26-,30-27-,39-36-,40-37-,48-45-,49-46-,57-54-/t68-/m1/s1. The van der Waals surface area contributed by atoms with Crippen LogP contribution in [0, 0.1) is 0 Å². The van der Waals surface area contributed by atoms with Crippen molar-refractivity contribution < 1.29 is 28.6 Å². The van der Waals surface area contributed by atoms with Gasteiger partial charge in [-0.25, -0.2) is 0 Å². The molecule has 0 fully saturated rings. The van der Waals surface area contributed by atoms with Crippen molar-refractivity contribution in [3.05, 3.63) is 134 Å². The molecule has 1 atom stereocenters. The Balaban J connectivity index is 4.53. The maximum Gasteiger partial charge on any atom is 0.306 e. The molecule has 77 heavy (non-hydrogen) atoms. The van der Waals surface area contributed by atoms with Crippen LogP contribution in [-0.2, 0) is 28.6 Å². The molecule has 0 aromatic carbocycles. The molecule has 0 aromatic heterocycles. The van der Waals surface area contributed by atoms with Crippen LogP contribution in [0.1, 0.15) is 278 Å². The fourth-order valence-corrected chi connectivity index (χ4v) is 8.50. The molecule has 0 spiro atoms. The molecule has 0 N–H and O–H groups in total. The fourth-order valence-electron chi connectivity index (χ4n) is 8.50. The smallest absolute Gasteiger partial charge is 0.306 e. The maximum absolute atomic E-state index is 12.9. The minimum Gasteiger partial charge on any atom is -0.462 e. The van der Waals surface area contributed by atoms with E-state index in [-0.39, 0.29) is 37.5 Å². The fraction of sp³-hybridized carbons (Fsp3) is 0.648. The maximum atomic E-state index is 12.9. The van der Waals surface area contributed by atoms with E-state index in [2.05, 4.69) is 148 Å². The van der Waals surface area contributed by atoms with Crippen LogP contribution in [0.15, 0.2) is 134 Å². The van der Waals surface area contributed by atoms with Crippen LogP contribution in [0.4, 0.5) is 0 Å². The van der Waals surface area contributed by atoms with Gasteiger partial charge in [0, 0.05) is 19.3 Å². The Labute approximate surface area is 475 Å². The first-order valence-electron chi connectivity index (χ1n) is 31.7. The Morgan fingerprint density at radius 3 is 0.870 bits per heavy atom. The van der Waals surface area contributed by atoms with E-state index >= 15 is 0 Å². The molecule has 0 bridgehead atoms. The topological polar surface area (TPSA) is 78.9 Å². The predicted octanol–water partition coefficient (Wildman–Crippen LogP) is 21.8. The summed E-state index contributed by atoms with van der Waals surface area (Å²) in [5, 5.41) is 0. The first-order valence-corrected chi connectivity index (χ1v) is 31.7. The predicted molar refractivity (Wildman–Crippen MR) is 334 cm³/mol. The van der Waals surface area contributed by atoms with Gasteiger partial charge in [-0.05, 0) is 103 Å². The van der Waals surface area contributed by atoms with Crippen LogP contribution in [0.25, 0.3) is 0 Å². The molecule has 0 aliphatic carbocycles. The summed E-state index contributed by atoms with van der Waals surface area (Å²) >= 11 is 0. The molecule has 0 unspecified atom stereocenters. The van der Waals surface area contributed by atoms with Crippen molar-refractivity contribution in [2.45, 2.75) is 284 Å². The molecule has 0 saturated heterocycles. The minimum absolute atomic E-state index is 0.121. The molecule has 0 heterocycles. The molecule has 0 saturated carbocycles. The minimum atomic E-state index is -0.827. The second-order valence-electron chi connectivity index (χ2n) is 20.6. The van der Waals surface area contributed by atoms with Crippen molar-refractivity contribution in [3.63, 3.8) is 0 Å². The van der Waals surface area contributed by atoms with Crippen molar-refractivity contribution in [1.82, 2.24) is 0 Å². The lowest BCUT2D eigenvalue weighted by atomic mass is 10.0. The molecule has 6 nitrogen and oxygen atoms in total. The van der Waals surface area contributed by atoms with E-state index in [9.17, 15) is 14.4 Å². The average molecular weight is 1070 g/mol.